The minimum Gasteiger partial charge on any atom is -0.362 e. The van der Waals surface area contributed by atoms with E-state index < -0.39 is 17.8 Å². The number of benzene rings is 1. The Morgan fingerprint density at radius 3 is 2.40 bits per heavy atom. The molecule has 1 aromatic carbocycles. The van der Waals surface area contributed by atoms with Crippen LogP contribution in [0.25, 0.3) is 0 Å². The van der Waals surface area contributed by atoms with Gasteiger partial charge in [-0.2, -0.15) is 18.2 Å². The van der Waals surface area contributed by atoms with Crippen molar-refractivity contribution in [2.75, 3.05) is 29.6 Å². The number of aromatic nitrogens is 2. The Hall–Kier alpha value is -2.75. The van der Waals surface area contributed by atoms with Crippen LogP contribution < -0.4 is 20.9 Å². The zero-order chi connectivity index (χ0) is 25.2. The van der Waals surface area contributed by atoms with E-state index in [1.165, 1.54) is 12.0 Å². The Morgan fingerprint density at radius 1 is 1.06 bits per heavy atom. The van der Waals surface area contributed by atoms with Crippen molar-refractivity contribution in [2.24, 2.45) is 0 Å². The summed E-state index contributed by atoms with van der Waals surface area (Å²) < 4.78 is 38.4. The van der Waals surface area contributed by atoms with E-state index in [4.69, 9.17) is 21.6 Å². The number of carbonyl (C=O) groups is 1. The SMILES string of the molecule is CN(C)c1nc(N[C@H]2CC[C@@H](NC(=O)Nc3ccc(C(F)(F)F)cc3Cl)CC2)nc2c1CCCC2. The fraction of sp³-hybridized carbons (Fsp3) is 0.542. The lowest BCUT2D eigenvalue weighted by Crippen LogP contribution is -2.42. The summed E-state index contributed by atoms with van der Waals surface area (Å²) in [6.45, 7) is 0. The molecule has 1 saturated carbocycles. The van der Waals surface area contributed by atoms with Gasteiger partial charge in [-0.25, -0.2) is 9.78 Å². The van der Waals surface area contributed by atoms with E-state index in [1.807, 2.05) is 19.0 Å². The van der Waals surface area contributed by atoms with E-state index in [0.717, 1.165) is 74.7 Å². The van der Waals surface area contributed by atoms with Crippen LogP contribution in [-0.4, -0.2) is 42.2 Å². The van der Waals surface area contributed by atoms with Crippen molar-refractivity contribution in [3.8, 4) is 0 Å². The highest BCUT2D eigenvalue weighted by Gasteiger charge is 2.31. The molecule has 3 N–H and O–H groups in total. The number of nitrogens with one attached hydrogen (secondary N) is 3. The van der Waals surface area contributed by atoms with Gasteiger partial charge >= 0.3 is 12.2 Å². The minimum atomic E-state index is -4.49. The van der Waals surface area contributed by atoms with Crippen LogP contribution in [0, 0.1) is 0 Å². The van der Waals surface area contributed by atoms with Crippen molar-refractivity contribution in [3.63, 3.8) is 0 Å². The first-order valence-electron chi connectivity index (χ1n) is 11.9. The molecule has 0 spiro atoms. The van der Waals surface area contributed by atoms with Crippen LogP contribution in [-0.2, 0) is 19.0 Å². The van der Waals surface area contributed by atoms with Crippen molar-refractivity contribution in [1.82, 2.24) is 15.3 Å². The summed E-state index contributed by atoms with van der Waals surface area (Å²) in [6, 6.07) is 2.53. The second kappa shape index (κ2) is 10.5. The molecule has 1 aromatic heterocycles. The Morgan fingerprint density at radius 2 is 1.74 bits per heavy atom. The molecule has 1 heterocycles. The average Bonchev–Trinajstić information content (AvgIpc) is 2.80. The van der Waals surface area contributed by atoms with Crippen molar-refractivity contribution in [1.29, 1.82) is 0 Å². The molecule has 0 radical (unpaired) electrons. The lowest BCUT2D eigenvalue weighted by atomic mass is 9.91. The fourth-order valence-corrected chi connectivity index (χ4v) is 4.94. The van der Waals surface area contributed by atoms with Crippen LogP contribution in [0.3, 0.4) is 0 Å². The van der Waals surface area contributed by atoms with Crippen molar-refractivity contribution in [2.45, 2.75) is 69.6 Å². The van der Waals surface area contributed by atoms with E-state index in [1.54, 1.807) is 0 Å². The number of fused-ring (bicyclic) bond motifs is 1. The molecule has 4 rings (SSSR count). The molecule has 0 atom stereocenters. The maximum absolute atomic E-state index is 12.8. The first-order valence-corrected chi connectivity index (χ1v) is 12.3. The summed E-state index contributed by atoms with van der Waals surface area (Å²) in [5.74, 6) is 1.63. The molecule has 0 unspecified atom stereocenters. The van der Waals surface area contributed by atoms with Gasteiger partial charge in [0.2, 0.25) is 5.95 Å². The van der Waals surface area contributed by atoms with Crippen LogP contribution >= 0.6 is 11.6 Å². The number of hydrogen-bond acceptors (Lipinski definition) is 5. The maximum Gasteiger partial charge on any atom is 0.416 e. The zero-order valence-electron chi connectivity index (χ0n) is 19.8. The average molecular weight is 511 g/mol. The standard InChI is InChI=1S/C24H30ClF3N6O/c1-34(2)21-17-5-3-4-6-19(17)31-22(33-21)29-15-8-10-16(11-9-15)30-23(35)32-20-12-7-14(13-18(20)25)24(26,27)28/h7,12-13,15-16H,3-6,8-11H2,1-2H3,(H,29,31,33)(H2,30,32,35)/t15-,16+. The van der Waals surface area contributed by atoms with Crippen molar-refractivity contribution < 1.29 is 18.0 Å². The largest absolute Gasteiger partial charge is 0.416 e. The van der Waals surface area contributed by atoms with Gasteiger partial charge in [-0.15, -0.1) is 0 Å². The van der Waals surface area contributed by atoms with Gasteiger partial charge in [-0.3, -0.25) is 0 Å². The monoisotopic (exact) mass is 510 g/mol. The van der Waals surface area contributed by atoms with Crippen LogP contribution in [0.1, 0.15) is 55.3 Å². The third-order valence-corrected chi connectivity index (χ3v) is 6.84. The number of rotatable bonds is 5. The Kier molecular flexibility index (Phi) is 7.59. The van der Waals surface area contributed by atoms with Crippen molar-refractivity contribution in [3.05, 3.63) is 40.0 Å². The molecule has 190 valence electrons. The molecule has 0 saturated heterocycles. The molecule has 1 fully saturated rings. The summed E-state index contributed by atoms with van der Waals surface area (Å²) in [6.07, 6.45) is 3.01. The summed E-state index contributed by atoms with van der Waals surface area (Å²) in [5.41, 5.74) is 1.65. The molecule has 35 heavy (non-hydrogen) atoms. The highest BCUT2D eigenvalue weighted by Crippen LogP contribution is 2.34. The summed E-state index contributed by atoms with van der Waals surface area (Å²) in [5, 5.41) is 8.75. The predicted octanol–water partition coefficient (Wildman–Crippen LogP) is 5.64. The van der Waals surface area contributed by atoms with Crippen molar-refractivity contribution >= 4 is 35.1 Å². The normalized spacial score (nSPS) is 20.1. The molecule has 0 bridgehead atoms. The molecule has 7 nitrogen and oxygen atoms in total. The number of alkyl halides is 3. The van der Waals surface area contributed by atoms with Gasteiger partial charge < -0.3 is 20.9 Å². The van der Waals surface area contributed by atoms with Gasteiger partial charge in [0.15, 0.2) is 0 Å². The number of halogens is 4. The van der Waals surface area contributed by atoms with Crippen LogP contribution in [0.4, 0.5) is 35.4 Å². The molecule has 11 heteroatoms. The smallest absolute Gasteiger partial charge is 0.362 e. The molecule has 2 amide bonds. The second-order valence-electron chi connectivity index (χ2n) is 9.38. The summed E-state index contributed by atoms with van der Waals surface area (Å²) >= 11 is 5.93. The summed E-state index contributed by atoms with van der Waals surface area (Å²) in [4.78, 5) is 24.0. The fourth-order valence-electron chi connectivity index (χ4n) is 4.71. The highest BCUT2D eigenvalue weighted by molar-refractivity contribution is 6.33. The molecule has 2 aliphatic carbocycles. The van der Waals surface area contributed by atoms with Crippen LogP contribution in [0.2, 0.25) is 5.02 Å². The Balaban J connectivity index is 1.29. The van der Waals surface area contributed by atoms with Gasteiger partial charge in [0.1, 0.15) is 5.82 Å². The topological polar surface area (TPSA) is 82.2 Å². The number of amides is 2. The maximum atomic E-state index is 12.8. The third-order valence-electron chi connectivity index (χ3n) is 6.53. The van der Waals surface area contributed by atoms with E-state index in [0.29, 0.717) is 5.95 Å². The molecular formula is C24H30ClF3N6O. The van der Waals surface area contributed by atoms with Gasteiger partial charge in [0.05, 0.1) is 22.0 Å². The van der Waals surface area contributed by atoms with E-state index in [2.05, 4.69) is 16.0 Å². The molecule has 2 aromatic rings. The Bertz CT molecular complexity index is 1070. The first kappa shape index (κ1) is 25.3. The predicted molar refractivity (Wildman–Crippen MR) is 131 cm³/mol. The van der Waals surface area contributed by atoms with Gasteiger partial charge in [-0.1, -0.05) is 11.6 Å². The number of urea groups is 1. The third kappa shape index (κ3) is 6.28. The van der Waals surface area contributed by atoms with Crippen LogP contribution in [0.15, 0.2) is 18.2 Å². The number of aryl methyl sites for hydroxylation is 1. The molecule has 2 aliphatic rings. The number of anilines is 3. The number of nitrogens with zero attached hydrogens (tertiary/aromatic N) is 3. The van der Waals surface area contributed by atoms with Gasteiger partial charge in [0.25, 0.3) is 0 Å². The highest BCUT2D eigenvalue weighted by atomic mass is 35.5. The first-order chi connectivity index (χ1) is 16.6. The van der Waals surface area contributed by atoms with E-state index >= 15 is 0 Å². The number of hydrogen-bond donors (Lipinski definition) is 3. The lowest BCUT2D eigenvalue weighted by Gasteiger charge is -2.30. The van der Waals surface area contributed by atoms with Crippen LogP contribution in [0.5, 0.6) is 0 Å². The number of carbonyl (C=O) groups excluding carboxylic acids is 1. The second-order valence-corrected chi connectivity index (χ2v) is 9.79. The Labute approximate surface area is 207 Å². The molecular weight excluding hydrogens is 481 g/mol. The lowest BCUT2D eigenvalue weighted by molar-refractivity contribution is -0.137. The van der Waals surface area contributed by atoms with E-state index in [9.17, 15) is 18.0 Å². The van der Waals surface area contributed by atoms with Gasteiger partial charge in [-0.05, 0) is 69.6 Å². The zero-order valence-corrected chi connectivity index (χ0v) is 20.6. The summed E-state index contributed by atoms with van der Waals surface area (Å²) in [7, 11) is 4.00. The quantitative estimate of drug-likeness (QED) is 0.485. The van der Waals surface area contributed by atoms with Gasteiger partial charge in [0, 0.05) is 31.7 Å². The molecule has 0 aliphatic heterocycles. The minimum absolute atomic E-state index is 0.0388. The van der Waals surface area contributed by atoms with E-state index in [-0.39, 0.29) is 22.8 Å².